The highest BCUT2D eigenvalue weighted by Gasteiger charge is 2.27. The van der Waals surface area contributed by atoms with Gasteiger partial charge in [-0.25, -0.2) is 18.4 Å². The van der Waals surface area contributed by atoms with E-state index in [9.17, 15) is 18.0 Å². The first kappa shape index (κ1) is 20.8. The lowest BCUT2D eigenvalue weighted by molar-refractivity contribution is -0.121. The van der Waals surface area contributed by atoms with Gasteiger partial charge in [0, 0.05) is 30.4 Å². The number of hydrogen-bond acceptors (Lipinski definition) is 4. The minimum atomic E-state index is -3.86. The molecular formula is C20H24N4O4S. The van der Waals surface area contributed by atoms with Crippen LogP contribution < -0.4 is 15.8 Å². The number of aryl methyl sites for hydroxylation is 1. The Labute approximate surface area is 170 Å². The molecular weight excluding hydrogens is 392 g/mol. The predicted molar refractivity (Wildman–Crippen MR) is 111 cm³/mol. The molecule has 1 saturated heterocycles. The van der Waals surface area contributed by atoms with Crippen LogP contribution in [0.1, 0.15) is 18.4 Å². The van der Waals surface area contributed by atoms with Crippen molar-refractivity contribution in [3.05, 3.63) is 54.1 Å². The fourth-order valence-electron chi connectivity index (χ4n) is 3.30. The molecule has 0 aromatic heterocycles. The Bertz CT molecular complexity index is 1000. The highest BCUT2D eigenvalue weighted by atomic mass is 32.2. The monoisotopic (exact) mass is 416 g/mol. The SMILES string of the molecule is Cc1ccc(NC(=O)C2CCN(C(=O)Nc3ccccc3)CC2)cc1S(N)(=O)=O. The normalized spacial score (nSPS) is 15.0. The smallest absolute Gasteiger partial charge is 0.321 e. The molecule has 29 heavy (non-hydrogen) atoms. The van der Waals surface area contributed by atoms with E-state index in [1.54, 1.807) is 24.0 Å². The predicted octanol–water partition coefficient (Wildman–Crippen LogP) is 2.53. The minimum absolute atomic E-state index is 0.0114. The molecule has 0 radical (unpaired) electrons. The van der Waals surface area contributed by atoms with Crippen molar-refractivity contribution >= 4 is 33.3 Å². The van der Waals surface area contributed by atoms with Crippen molar-refractivity contribution in [2.75, 3.05) is 23.7 Å². The zero-order valence-electron chi connectivity index (χ0n) is 16.1. The molecule has 0 saturated carbocycles. The molecule has 1 aliphatic rings. The van der Waals surface area contributed by atoms with E-state index in [1.165, 1.54) is 6.07 Å². The van der Waals surface area contributed by atoms with E-state index in [0.717, 1.165) is 5.69 Å². The van der Waals surface area contributed by atoms with Crippen LogP contribution in [-0.4, -0.2) is 38.3 Å². The molecule has 4 N–H and O–H groups in total. The van der Waals surface area contributed by atoms with E-state index in [0.29, 0.717) is 37.2 Å². The minimum Gasteiger partial charge on any atom is -0.326 e. The maximum atomic E-state index is 12.6. The zero-order valence-corrected chi connectivity index (χ0v) is 16.9. The van der Waals surface area contributed by atoms with E-state index < -0.39 is 10.0 Å². The summed E-state index contributed by atoms with van der Waals surface area (Å²) in [6.07, 6.45) is 1.06. The molecule has 0 unspecified atom stereocenters. The molecule has 154 valence electrons. The molecule has 8 nitrogen and oxygen atoms in total. The van der Waals surface area contributed by atoms with Gasteiger partial charge in [0.1, 0.15) is 0 Å². The van der Waals surface area contributed by atoms with E-state index in [2.05, 4.69) is 10.6 Å². The van der Waals surface area contributed by atoms with Gasteiger partial charge in [0.25, 0.3) is 0 Å². The van der Waals surface area contributed by atoms with Gasteiger partial charge in [-0.15, -0.1) is 0 Å². The Kier molecular flexibility index (Phi) is 6.19. The summed E-state index contributed by atoms with van der Waals surface area (Å²) in [5.41, 5.74) is 1.62. The third kappa shape index (κ3) is 5.33. The summed E-state index contributed by atoms with van der Waals surface area (Å²) in [5.74, 6) is -0.452. The number of carbonyl (C=O) groups is 2. The Morgan fingerprint density at radius 2 is 1.66 bits per heavy atom. The van der Waals surface area contributed by atoms with Gasteiger partial charge in [0.2, 0.25) is 15.9 Å². The number of hydrogen-bond donors (Lipinski definition) is 3. The van der Waals surface area contributed by atoms with Gasteiger partial charge >= 0.3 is 6.03 Å². The van der Waals surface area contributed by atoms with Crippen LogP contribution in [0.5, 0.6) is 0 Å². The highest BCUT2D eigenvalue weighted by molar-refractivity contribution is 7.89. The average Bonchev–Trinajstić information content (AvgIpc) is 2.69. The number of carbonyl (C=O) groups excluding carboxylic acids is 2. The second-order valence-electron chi connectivity index (χ2n) is 7.07. The molecule has 1 fully saturated rings. The van der Waals surface area contributed by atoms with Crippen LogP contribution in [-0.2, 0) is 14.8 Å². The number of nitrogens with two attached hydrogens (primary N) is 1. The Morgan fingerprint density at radius 3 is 2.28 bits per heavy atom. The topological polar surface area (TPSA) is 122 Å². The Morgan fingerprint density at radius 1 is 1.00 bits per heavy atom. The number of sulfonamides is 1. The van der Waals surface area contributed by atoms with Crippen LogP contribution in [0.15, 0.2) is 53.4 Å². The number of nitrogens with one attached hydrogen (secondary N) is 2. The number of urea groups is 1. The summed E-state index contributed by atoms with van der Waals surface area (Å²) in [6.45, 7) is 2.57. The molecule has 3 rings (SSSR count). The van der Waals surface area contributed by atoms with Crippen molar-refractivity contribution in [1.82, 2.24) is 4.90 Å². The van der Waals surface area contributed by atoms with Gasteiger partial charge in [0.15, 0.2) is 0 Å². The van der Waals surface area contributed by atoms with Crippen molar-refractivity contribution in [1.29, 1.82) is 0 Å². The van der Waals surface area contributed by atoms with Gasteiger partial charge in [-0.2, -0.15) is 0 Å². The number of primary sulfonamides is 1. The number of likely N-dealkylation sites (tertiary alicyclic amines) is 1. The number of anilines is 2. The number of para-hydroxylation sites is 1. The molecule has 0 atom stereocenters. The molecule has 0 bridgehead atoms. The lowest BCUT2D eigenvalue weighted by Gasteiger charge is -2.31. The molecule has 9 heteroatoms. The van der Waals surface area contributed by atoms with Crippen LogP contribution in [0, 0.1) is 12.8 Å². The van der Waals surface area contributed by atoms with Crippen LogP contribution in [0.25, 0.3) is 0 Å². The number of piperidine rings is 1. The second-order valence-corrected chi connectivity index (χ2v) is 8.60. The summed E-state index contributed by atoms with van der Waals surface area (Å²) >= 11 is 0. The molecule has 2 aromatic rings. The lowest BCUT2D eigenvalue weighted by atomic mass is 9.96. The van der Waals surface area contributed by atoms with Crippen LogP contribution in [0.3, 0.4) is 0 Å². The molecule has 0 aliphatic carbocycles. The Hall–Kier alpha value is -2.91. The second kappa shape index (κ2) is 8.62. The van der Waals surface area contributed by atoms with Crippen molar-refractivity contribution in [2.24, 2.45) is 11.1 Å². The molecule has 1 aliphatic heterocycles. The summed E-state index contributed by atoms with van der Waals surface area (Å²) < 4.78 is 23.3. The number of benzene rings is 2. The average molecular weight is 417 g/mol. The third-order valence-electron chi connectivity index (χ3n) is 4.94. The van der Waals surface area contributed by atoms with Gasteiger partial charge in [-0.1, -0.05) is 24.3 Å². The summed E-state index contributed by atoms with van der Waals surface area (Å²) in [7, 11) is -3.86. The van der Waals surface area contributed by atoms with Crippen LogP contribution in [0.4, 0.5) is 16.2 Å². The van der Waals surface area contributed by atoms with E-state index >= 15 is 0 Å². The van der Waals surface area contributed by atoms with Gasteiger partial charge < -0.3 is 15.5 Å². The number of rotatable bonds is 4. The molecule has 0 spiro atoms. The largest absolute Gasteiger partial charge is 0.326 e. The highest BCUT2D eigenvalue weighted by Crippen LogP contribution is 2.23. The first-order valence-electron chi connectivity index (χ1n) is 9.29. The quantitative estimate of drug-likeness (QED) is 0.709. The summed E-state index contributed by atoms with van der Waals surface area (Å²) in [5, 5.41) is 10.8. The number of nitrogens with zero attached hydrogens (tertiary/aromatic N) is 1. The van der Waals surface area contributed by atoms with Crippen LogP contribution >= 0.6 is 0 Å². The third-order valence-corrected chi connectivity index (χ3v) is 5.99. The summed E-state index contributed by atoms with van der Waals surface area (Å²) in [6, 6.07) is 13.6. The fraction of sp³-hybridized carbons (Fsp3) is 0.300. The number of amides is 3. The van der Waals surface area contributed by atoms with E-state index in [1.807, 2.05) is 30.3 Å². The Balaban J connectivity index is 1.56. The van der Waals surface area contributed by atoms with Crippen molar-refractivity contribution in [3.8, 4) is 0 Å². The van der Waals surface area contributed by atoms with Gasteiger partial charge in [-0.3, -0.25) is 4.79 Å². The van der Waals surface area contributed by atoms with Crippen molar-refractivity contribution < 1.29 is 18.0 Å². The van der Waals surface area contributed by atoms with Crippen LogP contribution in [0.2, 0.25) is 0 Å². The molecule has 1 heterocycles. The summed E-state index contributed by atoms with van der Waals surface area (Å²) in [4.78, 5) is 26.6. The lowest BCUT2D eigenvalue weighted by Crippen LogP contribution is -2.43. The van der Waals surface area contributed by atoms with Crippen molar-refractivity contribution in [3.63, 3.8) is 0 Å². The molecule has 2 aromatic carbocycles. The maximum absolute atomic E-state index is 12.6. The van der Waals surface area contributed by atoms with Gasteiger partial charge in [0.05, 0.1) is 4.90 Å². The first-order chi connectivity index (χ1) is 13.7. The standard InChI is InChI=1S/C20H24N4O4S/c1-14-7-8-17(13-18(14)29(21,27)28)22-19(25)15-9-11-24(12-10-15)20(26)23-16-5-3-2-4-6-16/h2-8,13,15H,9-12H2,1H3,(H,22,25)(H,23,26)(H2,21,27,28). The fourth-order valence-corrected chi connectivity index (χ4v) is 4.11. The zero-order chi connectivity index (χ0) is 21.0. The van der Waals surface area contributed by atoms with Gasteiger partial charge in [-0.05, 0) is 49.6 Å². The van der Waals surface area contributed by atoms with E-state index in [4.69, 9.17) is 5.14 Å². The van der Waals surface area contributed by atoms with E-state index in [-0.39, 0.29) is 22.8 Å². The van der Waals surface area contributed by atoms with Crippen molar-refractivity contribution in [2.45, 2.75) is 24.7 Å². The first-order valence-corrected chi connectivity index (χ1v) is 10.8. The maximum Gasteiger partial charge on any atom is 0.321 e. The molecule has 3 amide bonds.